The zero-order valence-electron chi connectivity index (χ0n) is 9.61. The van der Waals surface area contributed by atoms with Gasteiger partial charge in [0.1, 0.15) is 0 Å². The normalized spacial score (nSPS) is 33.3. The molecule has 2 rings (SSSR count). The minimum absolute atomic E-state index is 0.329. The Morgan fingerprint density at radius 1 is 1.40 bits per heavy atom. The molecule has 2 aliphatic rings. The number of hydrogen-bond donors (Lipinski definition) is 1. The van der Waals surface area contributed by atoms with Crippen molar-refractivity contribution in [3.05, 3.63) is 0 Å². The molecule has 0 aliphatic heterocycles. The van der Waals surface area contributed by atoms with Crippen LogP contribution >= 0.6 is 0 Å². The third-order valence-electron chi connectivity index (χ3n) is 4.15. The van der Waals surface area contributed by atoms with Crippen LogP contribution in [0.25, 0.3) is 0 Å². The van der Waals surface area contributed by atoms with Crippen LogP contribution in [0.4, 0.5) is 0 Å². The Hall–Kier alpha value is -0.570. The molecule has 0 radical (unpaired) electrons. The number of amides is 1. The van der Waals surface area contributed by atoms with Crippen LogP contribution in [0, 0.1) is 17.8 Å². The molecule has 3 heteroatoms. The van der Waals surface area contributed by atoms with E-state index in [1.807, 2.05) is 11.8 Å². The lowest BCUT2D eigenvalue weighted by Gasteiger charge is -2.28. The number of fused-ring (bicyclic) bond motifs is 2. The first-order valence-electron chi connectivity index (χ1n) is 6.25. The molecule has 1 amide bonds. The standard InChI is InChI=1S/C12H22N2O/c1-2-14(6-5-13)12(15)11-8-9-3-4-10(11)7-9/h9-11H,2-8,13H2,1H3. The summed E-state index contributed by atoms with van der Waals surface area (Å²) in [6, 6.07) is 0. The molecule has 2 saturated carbocycles. The fourth-order valence-electron chi connectivity index (χ4n) is 3.36. The second-order valence-corrected chi connectivity index (χ2v) is 4.99. The molecule has 3 unspecified atom stereocenters. The van der Waals surface area contributed by atoms with Crippen molar-refractivity contribution in [2.45, 2.75) is 32.6 Å². The maximum Gasteiger partial charge on any atom is 0.226 e. The fraction of sp³-hybridized carbons (Fsp3) is 0.917. The number of nitrogens with zero attached hydrogens (tertiary/aromatic N) is 1. The highest BCUT2D eigenvalue weighted by Gasteiger charge is 2.43. The van der Waals surface area contributed by atoms with Crippen molar-refractivity contribution in [1.82, 2.24) is 4.90 Å². The first-order valence-corrected chi connectivity index (χ1v) is 6.25. The SMILES string of the molecule is CCN(CCN)C(=O)C1CC2CCC1C2. The Balaban J connectivity index is 1.95. The topological polar surface area (TPSA) is 46.3 Å². The van der Waals surface area contributed by atoms with Crippen molar-refractivity contribution in [3.63, 3.8) is 0 Å². The number of likely N-dealkylation sites (N-methyl/N-ethyl adjacent to an activating group) is 1. The Morgan fingerprint density at radius 2 is 2.20 bits per heavy atom. The summed E-state index contributed by atoms with van der Waals surface area (Å²) < 4.78 is 0. The lowest BCUT2D eigenvalue weighted by Crippen LogP contribution is -2.40. The molecule has 0 saturated heterocycles. The second kappa shape index (κ2) is 4.52. The van der Waals surface area contributed by atoms with E-state index in [2.05, 4.69) is 0 Å². The van der Waals surface area contributed by atoms with Crippen LogP contribution in [0.5, 0.6) is 0 Å². The first-order chi connectivity index (χ1) is 7.26. The molecule has 2 aliphatic carbocycles. The third-order valence-corrected chi connectivity index (χ3v) is 4.15. The highest BCUT2D eigenvalue weighted by Crippen LogP contribution is 2.48. The summed E-state index contributed by atoms with van der Waals surface area (Å²) in [5.41, 5.74) is 5.52. The smallest absolute Gasteiger partial charge is 0.226 e. The minimum atomic E-state index is 0.329. The van der Waals surface area contributed by atoms with E-state index in [9.17, 15) is 4.79 Å². The molecule has 2 fully saturated rings. The molecule has 3 nitrogen and oxygen atoms in total. The van der Waals surface area contributed by atoms with Gasteiger partial charge >= 0.3 is 0 Å². The van der Waals surface area contributed by atoms with Crippen molar-refractivity contribution < 1.29 is 4.79 Å². The van der Waals surface area contributed by atoms with Crippen LogP contribution in [0.2, 0.25) is 0 Å². The van der Waals surface area contributed by atoms with Gasteiger partial charge in [0.15, 0.2) is 0 Å². The molecule has 86 valence electrons. The molecular weight excluding hydrogens is 188 g/mol. The van der Waals surface area contributed by atoms with E-state index in [4.69, 9.17) is 5.73 Å². The van der Waals surface area contributed by atoms with Crippen molar-refractivity contribution >= 4 is 5.91 Å². The van der Waals surface area contributed by atoms with Crippen LogP contribution < -0.4 is 5.73 Å². The molecule has 3 atom stereocenters. The van der Waals surface area contributed by atoms with Gasteiger partial charge in [0.25, 0.3) is 0 Å². The van der Waals surface area contributed by atoms with Crippen LogP contribution in [0.1, 0.15) is 32.6 Å². The van der Waals surface area contributed by atoms with E-state index in [1.165, 1.54) is 19.3 Å². The minimum Gasteiger partial charge on any atom is -0.341 e. The third kappa shape index (κ3) is 2.03. The summed E-state index contributed by atoms with van der Waals surface area (Å²) in [6.45, 7) is 4.16. The molecule has 0 spiro atoms. The van der Waals surface area contributed by atoms with Gasteiger partial charge < -0.3 is 10.6 Å². The maximum absolute atomic E-state index is 12.2. The number of rotatable bonds is 4. The van der Waals surface area contributed by atoms with E-state index >= 15 is 0 Å². The summed E-state index contributed by atoms with van der Waals surface area (Å²) in [5.74, 6) is 2.24. The highest BCUT2D eigenvalue weighted by molar-refractivity contribution is 5.79. The monoisotopic (exact) mass is 210 g/mol. The number of carbonyl (C=O) groups is 1. The zero-order chi connectivity index (χ0) is 10.8. The lowest BCUT2D eigenvalue weighted by atomic mass is 9.88. The van der Waals surface area contributed by atoms with Gasteiger partial charge in [-0.15, -0.1) is 0 Å². The van der Waals surface area contributed by atoms with E-state index in [-0.39, 0.29) is 0 Å². The van der Waals surface area contributed by atoms with E-state index in [0.29, 0.717) is 24.3 Å². The highest BCUT2D eigenvalue weighted by atomic mass is 16.2. The lowest BCUT2D eigenvalue weighted by molar-refractivity contribution is -0.136. The summed E-state index contributed by atoms with van der Waals surface area (Å²) in [6.07, 6.45) is 5.08. The Kier molecular flexibility index (Phi) is 3.29. The van der Waals surface area contributed by atoms with Gasteiger partial charge in [0, 0.05) is 25.6 Å². The predicted octanol–water partition coefficient (Wildman–Crippen LogP) is 1.23. The quantitative estimate of drug-likeness (QED) is 0.758. The summed E-state index contributed by atoms with van der Waals surface area (Å²) in [5, 5.41) is 0. The van der Waals surface area contributed by atoms with Gasteiger partial charge in [-0.2, -0.15) is 0 Å². The first kappa shape index (κ1) is 10.9. The average molecular weight is 210 g/mol. The van der Waals surface area contributed by atoms with Crippen LogP contribution in [-0.2, 0) is 4.79 Å². The summed E-state index contributed by atoms with van der Waals surface area (Å²) in [7, 11) is 0. The average Bonchev–Trinajstić information content (AvgIpc) is 2.86. The molecular formula is C12H22N2O. The van der Waals surface area contributed by atoms with Crippen molar-refractivity contribution in [3.8, 4) is 0 Å². The Labute approximate surface area is 92.0 Å². The molecule has 2 bridgehead atoms. The van der Waals surface area contributed by atoms with Gasteiger partial charge in [0.2, 0.25) is 5.91 Å². The molecule has 0 aromatic carbocycles. The van der Waals surface area contributed by atoms with Crippen molar-refractivity contribution in [1.29, 1.82) is 0 Å². The van der Waals surface area contributed by atoms with E-state index in [0.717, 1.165) is 25.4 Å². The second-order valence-electron chi connectivity index (χ2n) is 4.99. The summed E-state index contributed by atoms with van der Waals surface area (Å²) >= 11 is 0. The molecule has 0 aromatic rings. The van der Waals surface area contributed by atoms with Crippen LogP contribution in [0.3, 0.4) is 0 Å². The Morgan fingerprint density at radius 3 is 2.67 bits per heavy atom. The predicted molar refractivity (Wildman–Crippen MR) is 60.2 cm³/mol. The van der Waals surface area contributed by atoms with Crippen LogP contribution in [-0.4, -0.2) is 30.4 Å². The van der Waals surface area contributed by atoms with Gasteiger partial charge in [-0.1, -0.05) is 6.42 Å². The Bertz CT molecular complexity index is 242. The number of nitrogens with two attached hydrogens (primary N) is 1. The summed E-state index contributed by atoms with van der Waals surface area (Å²) in [4.78, 5) is 14.2. The molecule has 2 N–H and O–H groups in total. The van der Waals surface area contributed by atoms with E-state index in [1.54, 1.807) is 0 Å². The largest absolute Gasteiger partial charge is 0.341 e. The van der Waals surface area contributed by atoms with Gasteiger partial charge in [0.05, 0.1) is 0 Å². The van der Waals surface area contributed by atoms with Gasteiger partial charge in [-0.05, 0) is 38.0 Å². The maximum atomic E-state index is 12.2. The van der Waals surface area contributed by atoms with Crippen molar-refractivity contribution in [2.75, 3.05) is 19.6 Å². The number of hydrogen-bond acceptors (Lipinski definition) is 2. The number of carbonyl (C=O) groups excluding carboxylic acids is 1. The molecule has 0 aromatic heterocycles. The van der Waals surface area contributed by atoms with Gasteiger partial charge in [-0.3, -0.25) is 4.79 Å². The van der Waals surface area contributed by atoms with Crippen molar-refractivity contribution in [2.24, 2.45) is 23.5 Å². The molecule has 15 heavy (non-hydrogen) atoms. The zero-order valence-corrected chi connectivity index (χ0v) is 9.61. The van der Waals surface area contributed by atoms with Gasteiger partial charge in [-0.25, -0.2) is 0 Å². The molecule has 0 heterocycles. The fourth-order valence-corrected chi connectivity index (χ4v) is 3.36. The van der Waals surface area contributed by atoms with Crippen LogP contribution in [0.15, 0.2) is 0 Å². The van der Waals surface area contributed by atoms with E-state index < -0.39 is 0 Å².